The van der Waals surface area contributed by atoms with E-state index in [-0.39, 0.29) is 4.90 Å². The number of sulfonamides is 1. The van der Waals surface area contributed by atoms with Crippen LogP contribution in [0.25, 0.3) is 10.4 Å². The minimum absolute atomic E-state index is 0.234. The molecule has 1 fully saturated rings. The summed E-state index contributed by atoms with van der Waals surface area (Å²) < 4.78 is 34.7. The fourth-order valence-corrected chi connectivity index (χ4v) is 5.87. The second-order valence-corrected chi connectivity index (χ2v) is 10.7. The van der Waals surface area contributed by atoms with Crippen LogP contribution < -0.4 is 19.7 Å². The van der Waals surface area contributed by atoms with Gasteiger partial charge in [-0.05, 0) is 68.1 Å². The summed E-state index contributed by atoms with van der Waals surface area (Å²) >= 11 is 1.63. The van der Waals surface area contributed by atoms with E-state index in [4.69, 9.17) is 4.74 Å². The number of thiophene rings is 1. The number of anilines is 2. The van der Waals surface area contributed by atoms with Crippen molar-refractivity contribution in [3.05, 3.63) is 60.0 Å². The Morgan fingerprint density at radius 1 is 1.09 bits per heavy atom. The molecule has 0 spiro atoms. The minimum Gasteiger partial charge on any atom is -0.492 e. The maximum atomic E-state index is 13.0. The van der Waals surface area contributed by atoms with Crippen LogP contribution in [0, 0.1) is 0 Å². The van der Waals surface area contributed by atoms with Crippen LogP contribution in [-0.4, -0.2) is 40.2 Å². The van der Waals surface area contributed by atoms with Gasteiger partial charge in [0.2, 0.25) is 0 Å². The molecule has 1 saturated heterocycles. The Bertz CT molecular complexity index is 1140. The van der Waals surface area contributed by atoms with E-state index in [1.165, 1.54) is 0 Å². The molecular formula is C24H29N3O3S2. The Balaban J connectivity index is 1.59. The molecule has 8 heteroatoms. The number of piperazine rings is 1. The fraction of sp³-hybridized carbons (Fsp3) is 0.333. The summed E-state index contributed by atoms with van der Waals surface area (Å²) in [5.74, 6) is 0.761. The summed E-state index contributed by atoms with van der Waals surface area (Å²) in [6.07, 6.45) is 0. The highest BCUT2D eigenvalue weighted by Crippen LogP contribution is 2.34. The molecule has 3 aromatic rings. The topological polar surface area (TPSA) is 70.7 Å². The van der Waals surface area contributed by atoms with Crippen molar-refractivity contribution in [3.8, 4) is 16.2 Å². The number of ether oxygens (including phenoxy) is 1. The van der Waals surface area contributed by atoms with Gasteiger partial charge in [-0.15, -0.1) is 11.3 Å². The first-order valence-corrected chi connectivity index (χ1v) is 13.2. The van der Waals surface area contributed by atoms with Crippen molar-refractivity contribution in [2.45, 2.75) is 37.8 Å². The summed E-state index contributed by atoms with van der Waals surface area (Å²) in [6.45, 7) is 8.44. The summed E-state index contributed by atoms with van der Waals surface area (Å²) in [6, 6.07) is 17.1. The van der Waals surface area contributed by atoms with Crippen molar-refractivity contribution in [1.29, 1.82) is 0 Å². The van der Waals surface area contributed by atoms with Crippen LogP contribution in [0.2, 0.25) is 0 Å². The zero-order valence-electron chi connectivity index (χ0n) is 18.5. The minimum atomic E-state index is -3.71. The standard InChI is InChI=1S/C24H29N3O3S2/c1-4-30-23-12-9-20(14-22(23)27-15-17(2)25-18(3)16-27)26-32(28,29)21-10-7-19(8-11-21)24-6-5-13-31-24/h5-14,17-18,25-26H,4,15-16H2,1-3H3. The molecule has 2 atom stereocenters. The fourth-order valence-electron chi connectivity index (χ4n) is 4.08. The quantitative estimate of drug-likeness (QED) is 0.518. The molecule has 2 aromatic carbocycles. The molecule has 0 amide bonds. The third-order valence-electron chi connectivity index (χ3n) is 5.38. The second-order valence-electron chi connectivity index (χ2n) is 8.10. The lowest BCUT2D eigenvalue weighted by Crippen LogP contribution is -2.54. The number of rotatable bonds is 7. The lowest BCUT2D eigenvalue weighted by atomic mass is 10.1. The molecular weight excluding hydrogens is 442 g/mol. The molecule has 2 unspecified atom stereocenters. The first-order valence-electron chi connectivity index (χ1n) is 10.8. The van der Waals surface area contributed by atoms with E-state index in [9.17, 15) is 8.42 Å². The van der Waals surface area contributed by atoms with Crippen molar-refractivity contribution in [3.63, 3.8) is 0 Å². The zero-order valence-corrected chi connectivity index (χ0v) is 20.2. The molecule has 1 aromatic heterocycles. The molecule has 170 valence electrons. The zero-order chi connectivity index (χ0) is 22.7. The molecule has 4 rings (SSSR count). The molecule has 2 heterocycles. The van der Waals surface area contributed by atoms with Crippen LogP contribution in [0.1, 0.15) is 20.8 Å². The number of nitrogens with one attached hydrogen (secondary N) is 2. The predicted molar refractivity (Wildman–Crippen MR) is 132 cm³/mol. The highest BCUT2D eigenvalue weighted by Gasteiger charge is 2.24. The van der Waals surface area contributed by atoms with Gasteiger partial charge in [0.25, 0.3) is 10.0 Å². The first kappa shape index (κ1) is 22.6. The maximum Gasteiger partial charge on any atom is 0.261 e. The number of hydrogen-bond donors (Lipinski definition) is 2. The van der Waals surface area contributed by atoms with E-state index in [1.807, 2.05) is 48.7 Å². The van der Waals surface area contributed by atoms with Crippen molar-refractivity contribution in [1.82, 2.24) is 5.32 Å². The maximum absolute atomic E-state index is 13.0. The Hall–Kier alpha value is -2.55. The predicted octanol–water partition coefficient (Wildman–Crippen LogP) is 4.80. The second kappa shape index (κ2) is 9.52. The van der Waals surface area contributed by atoms with Gasteiger partial charge in [-0.3, -0.25) is 4.72 Å². The van der Waals surface area contributed by atoms with Crippen LogP contribution in [0.5, 0.6) is 5.75 Å². The molecule has 0 bridgehead atoms. The van der Waals surface area contributed by atoms with E-state index >= 15 is 0 Å². The lowest BCUT2D eigenvalue weighted by molar-refractivity contribution is 0.337. The van der Waals surface area contributed by atoms with Crippen molar-refractivity contribution in [2.24, 2.45) is 0 Å². The van der Waals surface area contributed by atoms with E-state index < -0.39 is 10.0 Å². The Morgan fingerprint density at radius 2 is 1.81 bits per heavy atom. The highest BCUT2D eigenvalue weighted by molar-refractivity contribution is 7.92. The average Bonchev–Trinajstić information content (AvgIpc) is 3.29. The highest BCUT2D eigenvalue weighted by atomic mass is 32.2. The van der Waals surface area contributed by atoms with Gasteiger partial charge in [0.1, 0.15) is 5.75 Å². The summed E-state index contributed by atoms with van der Waals surface area (Å²) in [7, 11) is -3.71. The number of benzene rings is 2. The van der Waals surface area contributed by atoms with Crippen molar-refractivity contribution < 1.29 is 13.2 Å². The molecule has 0 aliphatic carbocycles. The molecule has 2 N–H and O–H groups in total. The van der Waals surface area contributed by atoms with Gasteiger partial charge in [-0.1, -0.05) is 18.2 Å². The SMILES string of the molecule is CCOc1ccc(NS(=O)(=O)c2ccc(-c3cccs3)cc2)cc1N1CC(C)NC(C)C1. The Kier molecular flexibility index (Phi) is 6.74. The summed E-state index contributed by atoms with van der Waals surface area (Å²) in [4.78, 5) is 3.60. The molecule has 1 aliphatic heterocycles. The smallest absolute Gasteiger partial charge is 0.261 e. The number of hydrogen-bond acceptors (Lipinski definition) is 6. The van der Waals surface area contributed by atoms with Crippen LogP contribution in [0.15, 0.2) is 64.9 Å². The van der Waals surface area contributed by atoms with E-state index in [1.54, 1.807) is 29.5 Å². The number of nitrogens with zero attached hydrogens (tertiary/aromatic N) is 1. The van der Waals surface area contributed by atoms with Gasteiger partial charge < -0.3 is 15.0 Å². The van der Waals surface area contributed by atoms with Crippen LogP contribution in [0.4, 0.5) is 11.4 Å². The first-order chi connectivity index (χ1) is 15.4. The Morgan fingerprint density at radius 3 is 2.44 bits per heavy atom. The van der Waals surface area contributed by atoms with E-state index in [2.05, 4.69) is 28.8 Å². The third kappa shape index (κ3) is 5.09. The van der Waals surface area contributed by atoms with E-state index in [0.717, 1.165) is 35.0 Å². The van der Waals surface area contributed by atoms with Gasteiger partial charge >= 0.3 is 0 Å². The Labute approximate surface area is 194 Å². The van der Waals surface area contributed by atoms with Crippen molar-refractivity contribution in [2.75, 3.05) is 29.3 Å². The van der Waals surface area contributed by atoms with Gasteiger partial charge in [0.15, 0.2) is 0 Å². The summed E-state index contributed by atoms with van der Waals surface area (Å²) in [5.41, 5.74) is 2.43. The molecule has 32 heavy (non-hydrogen) atoms. The largest absolute Gasteiger partial charge is 0.492 e. The molecule has 0 radical (unpaired) electrons. The van der Waals surface area contributed by atoms with Crippen LogP contribution in [0.3, 0.4) is 0 Å². The normalized spacial score (nSPS) is 19.0. The van der Waals surface area contributed by atoms with Gasteiger partial charge in [-0.2, -0.15) is 0 Å². The third-order valence-corrected chi connectivity index (χ3v) is 7.70. The van der Waals surface area contributed by atoms with Crippen LogP contribution in [-0.2, 0) is 10.0 Å². The van der Waals surface area contributed by atoms with Gasteiger partial charge in [-0.25, -0.2) is 8.42 Å². The molecule has 6 nitrogen and oxygen atoms in total. The van der Waals surface area contributed by atoms with Crippen molar-refractivity contribution >= 4 is 32.7 Å². The monoisotopic (exact) mass is 471 g/mol. The lowest BCUT2D eigenvalue weighted by Gasteiger charge is -2.38. The van der Waals surface area contributed by atoms with Gasteiger partial charge in [0.05, 0.1) is 22.9 Å². The molecule has 1 aliphatic rings. The van der Waals surface area contributed by atoms with Crippen LogP contribution >= 0.6 is 11.3 Å². The average molecular weight is 472 g/mol. The summed E-state index contributed by atoms with van der Waals surface area (Å²) in [5, 5.41) is 5.53. The van der Waals surface area contributed by atoms with Gasteiger partial charge in [0, 0.05) is 30.1 Å². The van der Waals surface area contributed by atoms with E-state index in [0.29, 0.717) is 24.4 Å². The molecule has 0 saturated carbocycles.